The van der Waals surface area contributed by atoms with Crippen molar-refractivity contribution in [3.63, 3.8) is 0 Å². The minimum Gasteiger partial charge on any atom is -0.495 e. The number of para-hydroxylation sites is 1. The Labute approximate surface area is 108 Å². The molecule has 0 spiro atoms. The molecular formula is C15H18N2O. The summed E-state index contributed by atoms with van der Waals surface area (Å²) in [6.45, 7) is 3.01. The van der Waals surface area contributed by atoms with E-state index >= 15 is 0 Å². The van der Waals surface area contributed by atoms with Gasteiger partial charge in [0.25, 0.3) is 0 Å². The van der Waals surface area contributed by atoms with Crippen LogP contribution in [0.3, 0.4) is 0 Å². The minimum absolute atomic E-state index is 0.658. The summed E-state index contributed by atoms with van der Waals surface area (Å²) in [4.78, 5) is 2.21. The lowest BCUT2D eigenvalue weighted by atomic mass is 10.2. The van der Waals surface area contributed by atoms with Crippen molar-refractivity contribution in [1.29, 1.82) is 0 Å². The number of anilines is 3. The number of rotatable bonds is 4. The zero-order valence-corrected chi connectivity index (χ0v) is 10.8. The number of nitrogens with two attached hydrogens (primary N) is 1. The maximum Gasteiger partial charge on any atom is 0.143 e. The molecule has 0 amide bonds. The molecule has 0 atom stereocenters. The highest BCUT2D eigenvalue weighted by atomic mass is 16.5. The first kappa shape index (κ1) is 12.3. The quantitative estimate of drug-likeness (QED) is 0.835. The van der Waals surface area contributed by atoms with Gasteiger partial charge in [-0.2, -0.15) is 0 Å². The molecular weight excluding hydrogens is 224 g/mol. The molecule has 0 bridgehead atoms. The van der Waals surface area contributed by atoms with Crippen LogP contribution in [0.1, 0.15) is 6.92 Å². The molecule has 0 heterocycles. The van der Waals surface area contributed by atoms with Crippen LogP contribution in [0.5, 0.6) is 5.75 Å². The van der Waals surface area contributed by atoms with Crippen LogP contribution in [-0.2, 0) is 0 Å². The average molecular weight is 242 g/mol. The molecule has 0 aromatic heterocycles. The fraction of sp³-hybridized carbons (Fsp3) is 0.200. The second kappa shape index (κ2) is 5.45. The van der Waals surface area contributed by atoms with Crippen LogP contribution >= 0.6 is 0 Å². The third kappa shape index (κ3) is 2.40. The molecule has 0 saturated carbocycles. The molecule has 2 aromatic rings. The summed E-state index contributed by atoms with van der Waals surface area (Å²) in [5.74, 6) is 0.710. The lowest BCUT2D eigenvalue weighted by Gasteiger charge is -2.24. The van der Waals surface area contributed by atoms with Crippen molar-refractivity contribution in [3.05, 3.63) is 48.5 Å². The van der Waals surface area contributed by atoms with E-state index in [4.69, 9.17) is 10.5 Å². The zero-order valence-electron chi connectivity index (χ0n) is 10.8. The van der Waals surface area contributed by atoms with E-state index in [1.165, 1.54) is 0 Å². The van der Waals surface area contributed by atoms with Crippen molar-refractivity contribution in [1.82, 2.24) is 0 Å². The average Bonchev–Trinajstić information content (AvgIpc) is 2.42. The van der Waals surface area contributed by atoms with Gasteiger partial charge >= 0.3 is 0 Å². The second-order valence-electron chi connectivity index (χ2n) is 4.01. The van der Waals surface area contributed by atoms with E-state index in [0.29, 0.717) is 11.4 Å². The van der Waals surface area contributed by atoms with Gasteiger partial charge in [-0.15, -0.1) is 0 Å². The van der Waals surface area contributed by atoms with Gasteiger partial charge in [0.1, 0.15) is 5.75 Å². The maximum absolute atomic E-state index is 5.84. The first-order valence-corrected chi connectivity index (χ1v) is 6.02. The van der Waals surface area contributed by atoms with Crippen LogP contribution in [-0.4, -0.2) is 13.7 Å². The lowest BCUT2D eigenvalue weighted by Crippen LogP contribution is -2.15. The van der Waals surface area contributed by atoms with Gasteiger partial charge in [-0.05, 0) is 31.2 Å². The molecule has 0 aliphatic rings. The van der Waals surface area contributed by atoms with Gasteiger partial charge in [-0.25, -0.2) is 0 Å². The first-order valence-electron chi connectivity index (χ1n) is 6.02. The van der Waals surface area contributed by atoms with Gasteiger partial charge in [0.2, 0.25) is 0 Å². The SMILES string of the molecule is CCN(c1ccccc1)c1ccc(N)c(OC)c1. The number of benzene rings is 2. The van der Waals surface area contributed by atoms with Gasteiger partial charge in [0, 0.05) is 24.0 Å². The molecule has 0 fully saturated rings. The molecule has 94 valence electrons. The normalized spacial score (nSPS) is 10.1. The van der Waals surface area contributed by atoms with E-state index < -0.39 is 0 Å². The van der Waals surface area contributed by atoms with E-state index in [0.717, 1.165) is 17.9 Å². The Morgan fingerprint density at radius 3 is 2.39 bits per heavy atom. The number of hydrogen-bond acceptors (Lipinski definition) is 3. The van der Waals surface area contributed by atoms with Crippen LogP contribution in [0.4, 0.5) is 17.1 Å². The van der Waals surface area contributed by atoms with Crippen molar-refractivity contribution < 1.29 is 4.74 Å². The number of nitrogen functional groups attached to an aromatic ring is 1. The van der Waals surface area contributed by atoms with Crippen LogP contribution in [0, 0.1) is 0 Å². The van der Waals surface area contributed by atoms with Crippen LogP contribution in [0.2, 0.25) is 0 Å². The van der Waals surface area contributed by atoms with E-state index in [2.05, 4.69) is 24.0 Å². The molecule has 0 aliphatic carbocycles. The Hall–Kier alpha value is -2.16. The fourth-order valence-electron chi connectivity index (χ4n) is 1.99. The van der Waals surface area contributed by atoms with E-state index in [1.807, 2.05) is 36.4 Å². The largest absolute Gasteiger partial charge is 0.495 e. The molecule has 0 aliphatic heterocycles. The van der Waals surface area contributed by atoms with Gasteiger partial charge in [0.15, 0.2) is 0 Å². The third-order valence-electron chi connectivity index (χ3n) is 2.91. The number of methoxy groups -OCH3 is 1. The zero-order chi connectivity index (χ0) is 13.0. The summed E-state index contributed by atoms with van der Waals surface area (Å²) in [5, 5.41) is 0. The third-order valence-corrected chi connectivity index (χ3v) is 2.91. The topological polar surface area (TPSA) is 38.5 Å². The number of hydrogen-bond donors (Lipinski definition) is 1. The number of ether oxygens (including phenoxy) is 1. The molecule has 3 heteroatoms. The molecule has 18 heavy (non-hydrogen) atoms. The molecule has 2 N–H and O–H groups in total. The summed E-state index contributed by atoms with van der Waals surface area (Å²) in [7, 11) is 1.63. The predicted molar refractivity (Wildman–Crippen MR) is 76.5 cm³/mol. The second-order valence-corrected chi connectivity index (χ2v) is 4.01. The fourth-order valence-corrected chi connectivity index (χ4v) is 1.99. The summed E-state index contributed by atoms with van der Waals surface area (Å²) in [6, 6.07) is 16.1. The summed E-state index contributed by atoms with van der Waals surface area (Å²) >= 11 is 0. The van der Waals surface area contributed by atoms with Crippen molar-refractivity contribution in [3.8, 4) is 5.75 Å². The van der Waals surface area contributed by atoms with Crippen LogP contribution in [0.25, 0.3) is 0 Å². The van der Waals surface area contributed by atoms with Gasteiger partial charge in [0.05, 0.1) is 12.8 Å². The molecule has 2 aromatic carbocycles. The summed E-state index contributed by atoms with van der Waals surface area (Å²) < 4.78 is 5.26. The van der Waals surface area contributed by atoms with Crippen molar-refractivity contribution in [2.24, 2.45) is 0 Å². The molecule has 2 rings (SSSR count). The monoisotopic (exact) mass is 242 g/mol. The Morgan fingerprint density at radius 2 is 1.78 bits per heavy atom. The highest BCUT2D eigenvalue weighted by Gasteiger charge is 2.09. The van der Waals surface area contributed by atoms with Crippen molar-refractivity contribution in [2.45, 2.75) is 6.92 Å². The predicted octanol–water partition coefficient (Wildman–Crippen LogP) is 3.44. The Bertz CT molecular complexity index is 511. The lowest BCUT2D eigenvalue weighted by molar-refractivity contribution is 0.417. The Balaban J connectivity index is 2.39. The van der Waals surface area contributed by atoms with Crippen molar-refractivity contribution >= 4 is 17.1 Å². The molecule has 0 unspecified atom stereocenters. The van der Waals surface area contributed by atoms with E-state index in [9.17, 15) is 0 Å². The van der Waals surface area contributed by atoms with Crippen LogP contribution in [0.15, 0.2) is 48.5 Å². The Kier molecular flexibility index (Phi) is 3.72. The first-order chi connectivity index (χ1) is 8.76. The van der Waals surface area contributed by atoms with Crippen molar-refractivity contribution in [2.75, 3.05) is 24.3 Å². The Morgan fingerprint density at radius 1 is 1.06 bits per heavy atom. The van der Waals surface area contributed by atoms with Gasteiger partial charge in [-0.3, -0.25) is 0 Å². The van der Waals surface area contributed by atoms with Gasteiger partial charge in [-0.1, -0.05) is 18.2 Å². The summed E-state index contributed by atoms with van der Waals surface area (Å²) in [6.07, 6.45) is 0. The maximum atomic E-state index is 5.84. The molecule has 3 nitrogen and oxygen atoms in total. The smallest absolute Gasteiger partial charge is 0.143 e. The van der Waals surface area contributed by atoms with E-state index in [-0.39, 0.29) is 0 Å². The highest BCUT2D eigenvalue weighted by Crippen LogP contribution is 2.31. The van der Waals surface area contributed by atoms with Gasteiger partial charge < -0.3 is 15.4 Å². The summed E-state index contributed by atoms with van der Waals surface area (Å²) in [5.41, 5.74) is 8.73. The van der Waals surface area contributed by atoms with E-state index in [1.54, 1.807) is 7.11 Å². The minimum atomic E-state index is 0.658. The number of nitrogens with zero attached hydrogens (tertiary/aromatic N) is 1. The highest BCUT2D eigenvalue weighted by molar-refractivity contribution is 5.68. The molecule has 0 radical (unpaired) electrons. The molecule has 0 saturated heterocycles. The standard InChI is InChI=1S/C15H18N2O/c1-3-17(12-7-5-4-6-8-12)13-9-10-14(16)15(11-13)18-2/h4-11H,3,16H2,1-2H3. The van der Waals surface area contributed by atoms with Crippen LogP contribution < -0.4 is 15.4 Å².